The number of hydrogen-bond acceptors (Lipinski definition) is 5. The first-order valence-corrected chi connectivity index (χ1v) is 6.74. The molecule has 1 aromatic rings. The molecule has 1 aromatic heterocycles. The smallest absolute Gasteiger partial charge is 0.308 e. The molecule has 3 rings (SSSR count). The summed E-state index contributed by atoms with van der Waals surface area (Å²) in [6, 6.07) is 0. The number of carboxylic acid groups (broad SMARTS) is 1. The van der Waals surface area contributed by atoms with Crippen molar-refractivity contribution >= 4 is 22.6 Å². The van der Waals surface area contributed by atoms with E-state index >= 15 is 0 Å². The molecule has 0 aromatic carbocycles. The third-order valence-electron chi connectivity index (χ3n) is 3.57. The zero-order valence-corrected chi connectivity index (χ0v) is 10.5. The van der Waals surface area contributed by atoms with Gasteiger partial charge in [0, 0.05) is 30.5 Å². The van der Waals surface area contributed by atoms with Gasteiger partial charge in [0.25, 0.3) is 0 Å². The van der Waals surface area contributed by atoms with Gasteiger partial charge in [-0.05, 0) is 18.8 Å². The van der Waals surface area contributed by atoms with Crippen molar-refractivity contribution in [1.82, 2.24) is 9.36 Å². The van der Waals surface area contributed by atoms with Crippen molar-refractivity contribution in [3.05, 3.63) is 5.82 Å². The third-order valence-corrected chi connectivity index (χ3v) is 4.36. The highest BCUT2D eigenvalue weighted by atomic mass is 32.1. The maximum atomic E-state index is 11.1. The van der Waals surface area contributed by atoms with Crippen LogP contribution >= 0.6 is 11.5 Å². The van der Waals surface area contributed by atoms with Gasteiger partial charge in [0.15, 0.2) is 0 Å². The maximum absolute atomic E-state index is 11.1. The fraction of sp³-hybridized carbons (Fsp3) is 0.727. The summed E-state index contributed by atoms with van der Waals surface area (Å²) in [6.45, 7) is 3.33. The molecule has 92 valence electrons. The lowest BCUT2D eigenvalue weighted by Crippen LogP contribution is -2.22. The average Bonchev–Trinajstić information content (AvgIpc) is 2.88. The Morgan fingerprint density at radius 1 is 1.47 bits per heavy atom. The SMILES string of the molecule is CC1CN(c2nc(C3CC3)ns2)CC1C(=O)O. The summed E-state index contributed by atoms with van der Waals surface area (Å²) in [5.41, 5.74) is 0. The number of aromatic nitrogens is 2. The first-order valence-electron chi connectivity index (χ1n) is 5.96. The van der Waals surface area contributed by atoms with Crippen molar-refractivity contribution in [3.63, 3.8) is 0 Å². The van der Waals surface area contributed by atoms with Gasteiger partial charge >= 0.3 is 5.97 Å². The monoisotopic (exact) mass is 253 g/mol. The first kappa shape index (κ1) is 11.0. The van der Waals surface area contributed by atoms with E-state index in [9.17, 15) is 4.79 Å². The second kappa shape index (κ2) is 3.94. The van der Waals surface area contributed by atoms with E-state index in [1.54, 1.807) is 0 Å². The van der Waals surface area contributed by atoms with Crippen molar-refractivity contribution < 1.29 is 9.90 Å². The van der Waals surface area contributed by atoms with Crippen LogP contribution in [0.1, 0.15) is 31.5 Å². The molecule has 2 heterocycles. The van der Waals surface area contributed by atoms with Crippen LogP contribution < -0.4 is 4.90 Å². The molecule has 2 fully saturated rings. The highest BCUT2D eigenvalue weighted by Crippen LogP contribution is 2.40. The Kier molecular flexibility index (Phi) is 2.54. The Labute approximate surface area is 104 Å². The van der Waals surface area contributed by atoms with Gasteiger partial charge in [-0.25, -0.2) is 4.98 Å². The Morgan fingerprint density at radius 2 is 2.24 bits per heavy atom. The summed E-state index contributed by atoms with van der Waals surface area (Å²) < 4.78 is 4.36. The Morgan fingerprint density at radius 3 is 2.82 bits per heavy atom. The topological polar surface area (TPSA) is 66.3 Å². The molecule has 0 radical (unpaired) electrons. The van der Waals surface area contributed by atoms with Crippen molar-refractivity contribution in [3.8, 4) is 0 Å². The predicted molar refractivity (Wildman–Crippen MR) is 64.4 cm³/mol. The van der Waals surface area contributed by atoms with Gasteiger partial charge in [-0.3, -0.25) is 4.79 Å². The quantitative estimate of drug-likeness (QED) is 0.885. The van der Waals surface area contributed by atoms with E-state index < -0.39 is 5.97 Å². The maximum Gasteiger partial charge on any atom is 0.308 e. The number of nitrogens with zero attached hydrogens (tertiary/aromatic N) is 3. The molecule has 2 aliphatic rings. The number of hydrogen-bond donors (Lipinski definition) is 1. The largest absolute Gasteiger partial charge is 0.481 e. The molecule has 0 spiro atoms. The van der Waals surface area contributed by atoms with Crippen molar-refractivity contribution in [2.24, 2.45) is 11.8 Å². The van der Waals surface area contributed by atoms with Gasteiger partial charge in [0.2, 0.25) is 5.13 Å². The normalized spacial score (nSPS) is 28.6. The fourth-order valence-corrected chi connectivity index (χ4v) is 3.07. The highest BCUT2D eigenvalue weighted by molar-refractivity contribution is 7.09. The molecule has 1 saturated carbocycles. The van der Waals surface area contributed by atoms with E-state index in [-0.39, 0.29) is 11.8 Å². The minimum Gasteiger partial charge on any atom is -0.481 e. The molecule has 17 heavy (non-hydrogen) atoms. The second-order valence-corrected chi connectivity index (χ2v) is 5.77. The van der Waals surface area contributed by atoms with E-state index in [4.69, 9.17) is 5.11 Å². The summed E-state index contributed by atoms with van der Waals surface area (Å²) >= 11 is 1.40. The van der Waals surface area contributed by atoms with Crippen LogP contribution in [0, 0.1) is 11.8 Å². The van der Waals surface area contributed by atoms with E-state index in [2.05, 4.69) is 14.3 Å². The lowest BCUT2D eigenvalue weighted by molar-refractivity contribution is -0.142. The van der Waals surface area contributed by atoms with Crippen LogP contribution in [0.15, 0.2) is 0 Å². The molecule has 1 aliphatic heterocycles. The van der Waals surface area contributed by atoms with Crippen LogP contribution in [0.3, 0.4) is 0 Å². The van der Waals surface area contributed by atoms with Crippen LogP contribution in [0.4, 0.5) is 5.13 Å². The van der Waals surface area contributed by atoms with E-state index in [1.807, 2.05) is 6.92 Å². The number of carboxylic acids is 1. The molecular formula is C11H15N3O2S. The first-order chi connectivity index (χ1) is 8.15. The molecule has 2 unspecified atom stereocenters. The van der Waals surface area contributed by atoms with Crippen LogP contribution in [-0.2, 0) is 4.79 Å². The molecule has 5 nitrogen and oxygen atoms in total. The summed E-state index contributed by atoms with van der Waals surface area (Å²) in [5.74, 6) is 0.725. The lowest BCUT2D eigenvalue weighted by Gasteiger charge is -2.12. The van der Waals surface area contributed by atoms with E-state index in [0.29, 0.717) is 12.5 Å². The van der Waals surface area contributed by atoms with Crippen molar-refractivity contribution in [2.45, 2.75) is 25.7 Å². The van der Waals surface area contributed by atoms with E-state index in [1.165, 1.54) is 24.4 Å². The lowest BCUT2D eigenvalue weighted by atomic mass is 9.99. The summed E-state index contributed by atoms with van der Waals surface area (Å²) in [5, 5.41) is 9.98. The third kappa shape index (κ3) is 2.01. The van der Waals surface area contributed by atoms with Gasteiger partial charge in [0.05, 0.1) is 5.92 Å². The minimum atomic E-state index is -0.702. The number of carbonyl (C=O) groups is 1. The summed E-state index contributed by atoms with van der Waals surface area (Å²) in [4.78, 5) is 17.6. The van der Waals surface area contributed by atoms with Gasteiger partial charge in [-0.1, -0.05) is 6.92 Å². The molecule has 0 amide bonds. The van der Waals surface area contributed by atoms with Crippen LogP contribution in [-0.4, -0.2) is 33.5 Å². The fourth-order valence-electron chi connectivity index (χ4n) is 2.31. The van der Waals surface area contributed by atoms with Crippen LogP contribution in [0.25, 0.3) is 0 Å². The van der Waals surface area contributed by atoms with Gasteiger partial charge in [-0.2, -0.15) is 4.37 Å². The standard InChI is InChI=1S/C11H15N3O2S/c1-6-4-14(5-8(6)10(15)16)11-12-9(13-17-11)7-2-3-7/h6-8H,2-5H2,1H3,(H,15,16). The molecule has 2 atom stereocenters. The van der Waals surface area contributed by atoms with Gasteiger partial charge < -0.3 is 10.0 Å². The van der Waals surface area contributed by atoms with Crippen molar-refractivity contribution in [2.75, 3.05) is 18.0 Å². The van der Waals surface area contributed by atoms with E-state index in [0.717, 1.165) is 17.5 Å². The van der Waals surface area contributed by atoms with Crippen LogP contribution in [0.2, 0.25) is 0 Å². The molecule has 1 N–H and O–H groups in total. The molecule has 1 saturated heterocycles. The second-order valence-electron chi connectivity index (χ2n) is 5.04. The number of aliphatic carboxylic acids is 1. The Hall–Kier alpha value is -1.17. The molecular weight excluding hydrogens is 238 g/mol. The minimum absolute atomic E-state index is 0.181. The Bertz CT molecular complexity index is 444. The molecule has 6 heteroatoms. The zero-order chi connectivity index (χ0) is 12.0. The molecule has 1 aliphatic carbocycles. The molecule has 0 bridgehead atoms. The number of rotatable bonds is 3. The van der Waals surface area contributed by atoms with Crippen LogP contribution in [0.5, 0.6) is 0 Å². The van der Waals surface area contributed by atoms with Gasteiger partial charge in [-0.15, -0.1) is 0 Å². The average molecular weight is 253 g/mol. The number of anilines is 1. The Balaban J connectivity index is 1.74. The van der Waals surface area contributed by atoms with Crippen molar-refractivity contribution in [1.29, 1.82) is 0 Å². The predicted octanol–water partition coefficient (Wildman–Crippen LogP) is 1.57. The summed E-state index contributed by atoms with van der Waals surface area (Å²) in [7, 11) is 0. The van der Waals surface area contributed by atoms with Gasteiger partial charge in [0.1, 0.15) is 5.82 Å². The summed E-state index contributed by atoms with van der Waals surface area (Å²) in [6.07, 6.45) is 2.40. The highest BCUT2D eigenvalue weighted by Gasteiger charge is 2.37. The zero-order valence-electron chi connectivity index (χ0n) is 9.67.